The zero-order valence-electron chi connectivity index (χ0n) is 11.0. The molecule has 7 nitrogen and oxygen atoms in total. The van der Waals surface area contributed by atoms with Crippen molar-refractivity contribution in [2.24, 2.45) is 0 Å². The van der Waals surface area contributed by atoms with Gasteiger partial charge in [0.15, 0.2) is 5.69 Å². The fraction of sp³-hybridized carbons (Fsp3) is 0.231. The molecule has 0 fully saturated rings. The molecule has 2 aromatic rings. The first-order valence-corrected chi connectivity index (χ1v) is 5.97. The third-order valence-corrected chi connectivity index (χ3v) is 2.70. The molecule has 20 heavy (non-hydrogen) atoms. The Morgan fingerprint density at radius 1 is 1.40 bits per heavy atom. The van der Waals surface area contributed by atoms with Gasteiger partial charge in [0.2, 0.25) is 0 Å². The smallest absolute Gasteiger partial charge is 0.360 e. The molecule has 0 radical (unpaired) electrons. The Labute approximate surface area is 114 Å². The molecule has 0 saturated carbocycles. The maximum absolute atomic E-state index is 11.7. The molecule has 0 saturated heterocycles. The fourth-order valence-electron chi connectivity index (χ4n) is 1.73. The normalized spacial score (nSPS) is 10.3. The number of aromatic nitrogens is 3. The SMILES string of the molecule is CCOC(=O)c1nnn(-c2cccc(C(=O)O)c2)c1C. The van der Waals surface area contributed by atoms with Crippen molar-refractivity contribution in [2.45, 2.75) is 13.8 Å². The van der Waals surface area contributed by atoms with E-state index >= 15 is 0 Å². The van der Waals surface area contributed by atoms with Gasteiger partial charge in [-0.25, -0.2) is 14.3 Å². The number of ether oxygens (including phenoxy) is 1. The standard InChI is InChI=1S/C13H13N3O4/c1-3-20-13(19)11-8(2)16(15-14-11)10-6-4-5-9(7-10)12(17)18/h4-7H,3H2,1-2H3,(H,17,18). The summed E-state index contributed by atoms with van der Waals surface area (Å²) in [6, 6.07) is 6.22. The number of carbonyl (C=O) groups excluding carboxylic acids is 1. The van der Waals surface area contributed by atoms with Gasteiger partial charge in [-0.2, -0.15) is 0 Å². The molecule has 104 valence electrons. The lowest BCUT2D eigenvalue weighted by atomic mass is 10.2. The summed E-state index contributed by atoms with van der Waals surface area (Å²) in [6.45, 7) is 3.62. The number of hydrogen-bond donors (Lipinski definition) is 1. The Morgan fingerprint density at radius 3 is 2.80 bits per heavy atom. The van der Waals surface area contributed by atoms with Crippen LogP contribution in [0.5, 0.6) is 0 Å². The summed E-state index contributed by atoms with van der Waals surface area (Å²) in [5, 5.41) is 16.6. The number of rotatable bonds is 4. The van der Waals surface area contributed by atoms with E-state index in [4.69, 9.17) is 9.84 Å². The molecule has 2 rings (SSSR count). The predicted molar refractivity (Wildman–Crippen MR) is 69.0 cm³/mol. The van der Waals surface area contributed by atoms with Gasteiger partial charge in [-0.3, -0.25) is 0 Å². The number of hydrogen-bond acceptors (Lipinski definition) is 5. The van der Waals surface area contributed by atoms with Crippen molar-refractivity contribution in [3.8, 4) is 5.69 Å². The zero-order valence-corrected chi connectivity index (χ0v) is 11.0. The van der Waals surface area contributed by atoms with Gasteiger partial charge < -0.3 is 9.84 Å². The Kier molecular flexibility index (Phi) is 3.79. The van der Waals surface area contributed by atoms with E-state index in [1.54, 1.807) is 26.0 Å². The van der Waals surface area contributed by atoms with E-state index in [2.05, 4.69) is 10.3 Å². The molecule has 1 aromatic heterocycles. The van der Waals surface area contributed by atoms with Crippen LogP contribution in [0.3, 0.4) is 0 Å². The van der Waals surface area contributed by atoms with Gasteiger partial charge in [-0.05, 0) is 32.0 Å². The second-order valence-electron chi connectivity index (χ2n) is 4.01. The maximum Gasteiger partial charge on any atom is 0.360 e. The Balaban J connectivity index is 2.42. The number of nitrogens with zero attached hydrogens (tertiary/aromatic N) is 3. The van der Waals surface area contributed by atoms with E-state index in [0.29, 0.717) is 11.4 Å². The molecule has 0 aliphatic carbocycles. The average molecular weight is 275 g/mol. The molecule has 1 heterocycles. The van der Waals surface area contributed by atoms with E-state index in [1.807, 2.05) is 0 Å². The van der Waals surface area contributed by atoms with Gasteiger partial charge in [0.25, 0.3) is 0 Å². The van der Waals surface area contributed by atoms with Gasteiger partial charge in [-0.15, -0.1) is 5.10 Å². The van der Waals surface area contributed by atoms with Crippen molar-refractivity contribution in [3.63, 3.8) is 0 Å². The van der Waals surface area contributed by atoms with Crippen LogP contribution in [-0.2, 0) is 4.74 Å². The summed E-state index contributed by atoms with van der Waals surface area (Å²) in [4.78, 5) is 22.6. The highest BCUT2D eigenvalue weighted by atomic mass is 16.5. The lowest BCUT2D eigenvalue weighted by Crippen LogP contribution is -2.08. The summed E-state index contributed by atoms with van der Waals surface area (Å²) in [7, 11) is 0. The van der Waals surface area contributed by atoms with Crippen LogP contribution in [0.1, 0.15) is 33.5 Å². The monoisotopic (exact) mass is 275 g/mol. The Bertz CT molecular complexity index is 663. The van der Waals surface area contributed by atoms with Crippen LogP contribution in [0, 0.1) is 6.92 Å². The Hall–Kier alpha value is -2.70. The van der Waals surface area contributed by atoms with Crippen molar-refractivity contribution >= 4 is 11.9 Å². The topological polar surface area (TPSA) is 94.3 Å². The highest BCUT2D eigenvalue weighted by Gasteiger charge is 2.18. The quantitative estimate of drug-likeness (QED) is 0.849. The van der Waals surface area contributed by atoms with Gasteiger partial charge >= 0.3 is 11.9 Å². The molecular weight excluding hydrogens is 262 g/mol. The van der Waals surface area contributed by atoms with Crippen molar-refractivity contribution in [3.05, 3.63) is 41.2 Å². The largest absolute Gasteiger partial charge is 0.478 e. The molecule has 0 amide bonds. The number of carbonyl (C=O) groups is 2. The first kappa shape index (κ1) is 13.7. The lowest BCUT2D eigenvalue weighted by Gasteiger charge is -2.04. The lowest BCUT2D eigenvalue weighted by molar-refractivity contribution is 0.0518. The number of carboxylic acids is 1. The first-order valence-electron chi connectivity index (χ1n) is 5.97. The van der Waals surface area contributed by atoms with Crippen molar-refractivity contribution < 1.29 is 19.4 Å². The van der Waals surface area contributed by atoms with E-state index in [-0.39, 0.29) is 17.9 Å². The van der Waals surface area contributed by atoms with Crippen LogP contribution >= 0.6 is 0 Å². The van der Waals surface area contributed by atoms with Gasteiger partial charge in [0.1, 0.15) is 0 Å². The minimum absolute atomic E-state index is 0.118. The maximum atomic E-state index is 11.7. The van der Waals surface area contributed by atoms with E-state index in [0.717, 1.165) is 0 Å². The summed E-state index contributed by atoms with van der Waals surface area (Å²) in [5.74, 6) is -1.58. The molecule has 0 aliphatic heterocycles. The van der Waals surface area contributed by atoms with Crippen molar-refractivity contribution in [1.82, 2.24) is 15.0 Å². The zero-order chi connectivity index (χ0) is 14.7. The van der Waals surface area contributed by atoms with Crippen molar-refractivity contribution in [1.29, 1.82) is 0 Å². The average Bonchev–Trinajstić information content (AvgIpc) is 2.81. The van der Waals surface area contributed by atoms with Gasteiger partial charge in [0.05, 0.1) is 23.6 Å². The van der Waals surface area contributed by atoms with Crippen LogP contribution in [0.15, 0.2) is 24.3 Å². The summed E-state index contributed by atoms with van der Waals surface area (Å²) in [6.07, 6.45) is 0. The highest BCUT2D eigenvalue weighted by Crippen LogP contribution is 2.14. The fourth-order valence-corrected chi connectivity index (χ4v) is 1.73. The third kappa shape index (κ3) is 2.51. The van der Waals surface area contributed by atoms with Crippen LogP contribution in [0.25, 0.3) is 5.69 Å². The second kappa shape index (κ2) is 5.52. The predicted octanol–water partition coefficient (Wildman–Crippen LogP) is 1.45. The molecule has 7 heteroatoms. The molecule has 0 spiro atoms. The molecule has 0 unspecified atom stereocenters. The van der Waals surface area contributed by atoms with E-state index in [9.17, 15) is 9.59 Å². The minimum Gasteiger partial charge on any atom is -0.478 e. The van der Waals surface area contributed by atoms with Crippen LogP contribution in [0.4, 0.5) is 0 Å². The molecule has 0 bridgehead atoms. The second-order valence-corrected chi connectivity index (χ2v) is 4.01. The minimum atomic E-state index is -1.03. The van der Waals surface area contributed by atoms with E-state index < -0.39 is 11.9 Å². The molecule has 0 atom stereocenters. The molecular formula is C13H13N3O4. The summed E-state index contributed by atoms with van der Waals surface area (Å²) >= 11 is 0. The molecule has 1 aromatic carbocycles. The van der Waals surface area contributed by atoms with Crippen LogP contribution < -0.4 is 0 Å². The number of carboxylic acid groups (broad SMARTS) is 1. The first-order chi connectivity index (χ1) is 9.54. The molecule has 0 aliphatic rings. The van der Waals surface area contributed by atoms with E-state index in [1.165, 1.54) is 16.8 Å². The summed E-state index contributed by atoms with van der Waals surface area (Å²) < 4.78 is 6.27. The van der Waals surface area contributed by atoms with Crippen LogP contribution in [-0.4, -0.2) is 38.6 Å². The highest BCUT2D eigenvalue weighted by molar-refractivity contribution is 5.89. The number of benzene rings is 1. The Morgan fingerprint density at radius 2 is 2.15 bits per heavy atom. The van der Waals surface area contributed by atoms with Gasteiger partial charge in [-0.1, -0.05) is 11.3 Å². The van der Waals surface area contributed by atoms with Crippen molar-refractivity contribution in [2.75, 3.05) is 6.61 Å². The number of esters is 1. The van der Waals surface area contributed by atoms with Gasteiger partial charge in [0, 0.05) is 0 Å². The summed E-state index contributed by atoms with van der Waals surface area (Å²) in [5.41, 5.74) is 1.26. The molecule has 1 N–H and O–H groups in total. The number of aromatic carboxylic acids is 1. The third-order valence-electron chi connectivity index (χ3n) is 2.70. The van der Waals surface area contributed by atoms with Crippen LogP contribution in [0.2, 0.25) is 0 Å².